The van der Waals surface area contributed by atoms with E-state index in [0.29, 0.717) is 6.04 Å². The molecule has 2 nitrogen and oxygen atoms in total. The quantitative estimate of drug-likeness (QED) is 0.628. The Kier molecular flexibility index (Phi) is 3.87. The third-order valence-electron chi connectivity index (χ3n) is 2.66. The van der Waals surface area contributed by atoms with Gasteiger partial charge >= 0.3 is 0 Å². The molecule has 0 aromatic carbocycles. The fourth-order valence-corrected chi connectivity index (χ4v) is 1.74. The third-order valence-corrected chi connectivity index (χ3v) is 2.66. The van der Waals surface area contributed by atoms with Gasteiger partial charge in [0.15, 0.2) is 0 Å². The third kappa shape index (κ3) is 2.80. The summed E-state index contributed by atoms with van der Waals surface area (Å²) in [4.78, 5) is 0. The molecule has 1 aliphatic heterocycles. The van der Waals surface area contributed by atoms with Crippen molar-refractivity contribution in [2.75, 3.05) is 13.1 Å². The van der Waals surface area contributed by atoms with Crippen molar-refractivity contribution in [2.45, 2.75) is 38.6 Å². The van der Waals surface area contributed by atoms with E-state index >= 15 is 0 Å². The van der Waals surface area contributed by atoms with Crippen LogP contribution in [0.25, 0.3) is 0 Å². The van der Waals surface area contributed by atoms with Crippen molar-refractivity contribution >= 4 is 0 Å². The molecule has 0 spiro atoms. The topological polar surface area (TPSA) is 38.0 Å². The number of rotatable bonds is 2. The van der Waals surface area contributed by atoms with Crippen LogP contribution in [0.3, 0.4) is 0 Å². The maximum Gasteiger partial charge on any atom is 0.00766 e. The van der Waals surface area contributed by atoms with Gasteiger partial charge in [-0.1, -0.05) is 13.3 Å². The van der Waals surface area contributed by atoms with Crippen molar-refractivity contribution in [3.8, 4) is 0 Å². The fourth-order valence-electron chi connectivity index (χ4n) is 1.74. The summed E-state index contributed by atoms with van der Waals surface area (Å²) < 4.78 is 0. The Hall–Kier alpha value is -0.0800. The SMILES string of the molecule is CCC(N)C1CCCCNC1. The highest BCUT2D eigenvalue weighted by molar-refractivity contribution is 4.76. The molecule has 0 bridgehead atoms. The van der Waals surface area contributed by atoms with Gasteiger partial charge in [0.2, 0.25) is 0 Å². The van der Waals surface area contributed by atoms with Gasteiger partial charge in [0.25, 0.3) is 0 Å². The van der Waals surface area contributed by atoms with Gasteiger partial charge in [0.1, 0.15) is 0 Å². The van der Waals surface area contributed by atoms with Crippen LogP contribution in [0.1, 0.15) is 32.6 Å². The molecule has 1 rings (SSSR count). The van der Waals surface area contributed by atoms with E-state index in [-0.39, 0.29) is 0 Å². The first kappa shape index (κ1) is 9.01. The first-order chi connectivity index (χ1) is 5.34. The van der Waals surface area contributed by atoms with E-state index in [0.717, 1.165) is 18.9 Å². The van der Waals surface area contributed by atoms with Crippen LogP contribution in [0.2, 0.25) is 0 Å². The van der Waals surface area contributed by atoms with E-state index in [1.54, 1.807) is 0 Å². The predicted molar refractivity (Wildman–Crippen MR) is 48.5 cm³/mol. The van der Waals surface area contributed by atoms with E-state index < -0.39 is 0 Å². The van der Waals surface area contributed by atoms with Crippen molar-refractivity contribution in [3.63, 3.8) is 0 Å². The Morgan fingerprint density at radius 2 is 2.36 bits per heavy atom. The molecule has 1 aliphatic rings. The molecule has 66 valence electrons. The minimum Gasteiger partial charge on any atom is -0.327 e. The molecule has 2 heteroatoms. The predicted octanol–water partition coefficient (Wildman–Crippen LogP) is 1.11. The van der Waals surface area contributed by atoms with Crippen LogP contribution in [0.4, 0.5) is 0 Å². The zero-order valence-corrected chi connectivity index (χ0v) is 7.47. The van der Waals surface area contributed by atoms with Gasteiger partial charge in [0, 0.05) is 6.04 Å². The minimum atomic E-state index is 0.417. The summed E-state index contributed by atoms with van der Waals surface area (Å²) in [6, 6.07) is 0.417. The van der Waals surface area contributed by atoms with E-state index in [4.69, 9.17) is 5.73 Å². The Labute approximate surface area is 69.5 Å². The second-order valence-electron chi connectivity index (χ2n) is 3.53. The molecular weight excluding hydrogens is 136 g/mol. The summed E-state index contributed by atoms with van der Waals surface area (Å²) in [5, 5.41) is 3.43. The molecule has 0 radical (unpaired) electrons. The normalized spacial score (nSPS) is 29.5. The lowest BCUT2D eigenvalue weighted by molar-refractivity contribution is 0.383. The van der Waals surface area contributed by atoms with Crippen LogP contribution in [0.15, 0.2) is 0 Å². The summed E-state index contributed by atoms with van der Waals surface area (Å²) >= 11 is 0. The molecule has 0 aromatic heterocycles. The molecular formula is C9H20N2. The average molecular weight is 156 g/mol. The summed E-state index contributed by atoms with van der Waals surface area (Å²) in [7, 11) is 0. The molecule has 0 aromatic rings. The second kappa shape index (κ2) is 4.73. The zero-order chi connectivity index (χ0) is 8.10. The molecule has 1 saturated heterocycles. The highest BCUT2D eigenvalue weighted by atomic mass is 14.9. The molecule has 1 heterocycles. The number of hydrogen-bond donors (Lipinski definition) is 2. The second-order valence-corrected chi connectivity index (χ2v) is 3.53. The van der Waals surface area contributed by atoms with Crippen LogP contribution in [0, 0.1) is 5.92 Å². The molecule has 1 fully saturated rings. The smallest absolute Gasteiger partial charge is 0.00766 e. The fraction of sp³-hybridized carbons (Fsp3) is 1.00. The summed E-state index contributed by atoms with van der Waals surface area (Å²) in [6.45, 7) is 4.50. The van der Waals surface area contributed by atoms with Crippen molar-refractivity contribution in [1.82, 2.24) is 5.32 Å². The van der Waals surface area contributed by atoms with Gasteiger partial charge in [-0.15, -0.1) is 0 Å². The number of nitrogens with two attached hydrogens (primary N) is 1. The molecule has 0 aliphatic carbocycles. The van der Waals surface area contributed by atoms with Crippen LogP contribution in [0.5, 0.6) is 0 Å². The first-order valence-electron chi connectivity index (χ1n) is 4.81. The van der Waals surface area contributed by atoms with Crippen molar-refractivity contribution in [2.24, 2.45) is 11.7 Å². The summed E-state index contributed by atoms with van der Waals surface area (Å²) in [5.41, 5.74) is 5.98. The largest absolute Gasteiger partial charge is 0.327 e. The van der Waals surface area contributed by atoms with Gasteiger partial charge in [-0.05, 0) is 38.3 Å². The van der Waals surface area contributed by atoms with Crippen LogP contribution in [-0.2, 0) is 0 Å². The number of hydrogen-bond acceptors (Lipinski definition) is 2. The minimum absolute atomic E-state index is 0.417. The van der Waals surface area contributed by atoms with E-state index in [1.807, 2.05) is 0 Å². The lowest BCUT2D eigenvalue weighted by atomic mass is 9.94. The van der Waals surface area contributed by atoms with Crippen LogP contribution >= 0.6 is 0 Å². The van der Waals surface area contributed by atoms with Crippen molar-refractivity contribution in [3.05, 3.63) is 0 Å². The average Bonchev–Trinajstić information content (AvgIpc) is 2.30. The highest BCUT2D eigenvalue weighted by Crippen LogP contribution is 2.15. The molecule has 3 N–H and O–H groups in total. The standard InChI is InChI=1S/C9H20N2/c1-2-9(10)8-5-3-4-6-11-7-8/h8-9,11H,2-7,10H2,1H3. The molecule has 0 saturated carbocycles. The van der Waals surface area contributed by atoms with E-state index in [9.17, 15) is 0 Å². The lowest BCUT2D eigenvalue weighted by Gasteiger charge is -2.20. The monoisotopic (exact) mass is 156 g/mol. The Balaban J connectivity index is 2.30. The summed E-state index contributed by atoms with van der Waals surface area (Å²) in [5.74, 6) is 0.725. The number of nitrogens with one attached hydrogen (secondary N) is 1. The van der Waals surface area contributed by atoms with Gasteiger partial charge in [-0.3, -0.25) is 0 Å². The first-order valence-corrected chi connectivity index (χ1v) is 4.81. The lowest BCUT2D eigenvalue weighted by Crippen LogP contribution is -2.35. The Morgan fingerprint density at radius 3 is 3.09 bits per heavy atom. The van der Waals surface area contributed by atoms with Crippen molar-refractivity contribution in [1.29, 1.82) is 0 Å². The van der Waals surface area contributed by atoms with Gasteiger partial charge < -0.3 is 11.1 Å². The van der Waals surface area contributed by atoms with Gasteiger partial charge in [-0.25, -0.2) is 0 Å². The van der Waals surface area contributed by atoms with E-state index in [1.165, 1.54) is 25.8 Å². The van der Waals surface area contributed by atoms with Crippen LogP contribution < -0.4 is 11.1 Å². The Bertz CT molecular complexity index is 95.7. The Morgan fingerprint density at radius 1 is 1.55 bits per heavy atom. The molecule has 2 atom stereocenters. The molecule has 11 heavy (non-hydrogen) atoms. The maximum atomic E-state index is 5.98. The summed E-state index contributed by atoms with van der Waals surface area (Å²) in [6.07, 6.45) is 5.12. The molecule has 0 amide bonds. The van der Waals surface area contributed by atoms with Crippen LogP contribution in [-0.4, -0.2) is 19.1 Å². The van der Waals surface area contributed by atoms with Gasteiger partial charge in [0.05, 0.1) is 0 Å². The highest BCUT2D eigenvalue weighted by Gasteiger charge is 2.17. The molecule has 2 unspecified atom stereocenters. The zero-order valence-electron chi connectivity index (χ0n) is 7.47. The maximum absolute atomic E-state index is 5.98. The van der Waals surface area contributed by atoms with Gasteiger partial charge in [-0.2, -0.15) is 0 Å². The van der Waals surface area contributed by atoms with Crippen molar-refractivity contribution < 1.29 is 0 Å². The van der Waals surface area contributed by atoms with E-state index in [2.05, 4.69) is 12.2 Å².